The summed E-state index contributed by atoms with van der Waals surface area (Å²) < 4.78 is 6.92. The van der Waals surface area contributed by atoms with E-state index in [1.165, 1.54) is 22.7 Å². The number of carbonyl (C=O) groups excluding carboxylic acids is 2. The fourth-order valence-corrected chi connectivity index (χ4v) is 4.35. The second-order valence-corrected chi connectivity index (χ2v) is 8.12. The van der Waals surface area contributed by atoms with Crippen LogP contribution in [-0.2, 0) is 16.6 Å². The van der Waals surface area contributed by atoms with E-state index < -0.39 is 24.0 Å². The molecule has 1 unspecified atom stereocenters. The molecular formula is C25H26N4O5. The highest BCUT2D eigenvalue weighted by molar-refractivity contribution is 6.02. The van der Waals surface area contributed by atoms with E-state index in [0.29, 0.717) is 0 Å². The highest BCUT2D eigenvalue weighted by Crippen LogP contribution is 2.44. The molecule has 0 saturated heterocycles. The number of ether oxygens (including phenoxy) is 1. The van der Waals surface area contributed by atoms with Crippen molar-refractivity contribution < 1.29 is 24.2 Å². The molecule has 0 bridgehead atoms. The maximum Gasteiger partial charge on any atom is 0.412 e. The Balaban J connectivity index is 1.49. The van der Waals surface area contributed by atoms with Crippen LogP contribution in [0.5, 0.6) is 0 Å². The molecule has 0 aliphatic heterocycles. The standard InChI is InChI=1S/C25H26N4O5/c1-4-29(15(2)24(31)32)23(30)20-13-28(3)27-22(20)26-25(33)34-14-21-18-11-7-5-9-16(18)17-10-6-8-12-19(17)21/h5-13,15,21H,4,14H2,1-3H3,(H,31,32)(H,26,27,33). The lowest BCUT2D eigenvalue weighted by Crippen LogP contribution is -2.43. The number of hydrogen-bond donors (Lipinski definition) is 2. The van der Waals surface area contributed by atoms with Gasteiger partial charge >= 0.3 is 12.1 Å². The van der Waals surface area contributed by atoms with Gasteiger partial charge in [-0.15, -0.1) is 0 Å². The molecule has 2 amide bonds. The Morgan fingerprint density at radius 2 is 1.71 bits per heavy atom. The first-order valence-corrected chi connectivity index (χ1v) is 11.0. The average Bonchev–Trinajstić information content (AvgIpc) is 3.35. The number of anilines is 1. The molecule has 9 nitrogen and oxygen atoms in total. The maximum atomic E-state index is 13.0. The van der Waals surface area contributed by atoms with Gasteiger partial charge in [0.15, 0.2) is 5.82 Å². The summed E-state index contributed by atoms with van der Waals surface area (Å²) in [4.78, 5) is 38.2. The van der Waals surface area contributed by atoms with E-state index in [9.17, 15) is 19.5 Å². The summed E-state index contributed by atoms with van der Waals surface area (Å²) in [5, 5.41) is 16.0. The molecule has 1 aromatic heterocycles. The number of hydrogen-bond acceptors (Lipinski definition) is 5. The van der Waals surface area contributed by atoms with Gasteiger partial charge in [-0.3, -0.25) is 14.8 Å². The van der Waals surface area contributed by atoms with E-state index in [-0.39, 0.29) is 30.5 Å². The third-order valence-electron chi connectivity index (χ3n) is 6.05. The Morgan fingerprint density at radius 3 is 2.26 bits per heavy atom. The van der Waals surface area contributed by atoms with Gasteiger partial charge in [0.2, 0.25) is 0 Å². The lowest BCUT2D eigenvalue weighted by molar-refractivity contribution is -0.141. The predicted octanol–water partition coefficient (Wildman–Crippen LogP) is 3.72. The van der Waals surface area contributed by atoms with Crippen molar-refractivity contribution in [3.63, 3.8) is 0 Å². The van der Waals surface area contributed by atoms with Crippen molar-refractivity contribution in [2.75, 3.05) is 18.5 Å². The van der Waals surface area contributed by atoms with Crippen LogP contribution >= 0.6 is 0 Å². The minimum atomic E-state index is -1.12. The monoisotopic (exact) mass is 462 g/mol. The number of aryl methyl sites for hydroxylation is 1. The van der Waals surface area contributed by atoms with E-state index >= 15 is 0 Å². The van der Waals surface area contributed by atoms with Gasteiger partial charge in [0.1, 0.15) is 18.2 Å². The number of fused-ring (bicyclic) bond motifs is 3. The lowest BCUT2D eigenvalue weighted by atomic mass is 9.98. The number of aromatic nitrogens is 2. The Morgan fingerprint density at radius 1 is 1.12 bits per heavy atom. The molecule has 0 spiro atoms. The fraction of sp³-hybridized carbons (Fsp3) is 0.280. The van der Waals surface area contributed by atoms with Crippen LogP contribution in [-0.4, -0.2) is 57.0 Å². The SMILES string of the molecule is CCN(C(=O)c1cn(C)nc1NC(=O)OCC1c2ccccc2-c2ccccc21)C(C)C(=O)O. The van der Waals surface area contributed by atoms with Crippen molar-refractivity contribution in [2.24, 2.45) is 7.05 Å². The quantitative estimate of drug-likeness (QED) is 0.553. The first-order valence-electron chi connectivity index (χ1n) is 11.0. The zero-order chi connectivity index (χ0) is 24.4. The van der Waals surface area contributed by atoms with E-state index in [1.54, 1.807) is 14.0 Å². The predicted molar refractivity (Wildman–Crippen MR) is 126 cm³/mol. The van der Waals surface area contributed by atoms with Crippen LogP contribution in [0, 0.1) is 0 Å². The van der Waals surface area contributed by atoms with Gasteiger partial charge in [-0.05, 0) is 36.1 Å². The Bertz CT molecular complexity index is 1210. The number of aliphatic carboxylic acids is 1. The normalized spacial score (nSPS) is 13.0. The first kappa shape index (κ1) is 23.0. The molecule has 3 aromatic rings. The van der Waals surface area contributed by atoms with Crippen LogP contribution < -0.4 is 5.32 Å². The van der Waals surface area contributed by atoms with Gasteiger partial charge in [-0.25, -0.2) is 9.59 Å². The van der Waals surface area contributed by atoms with Crippen molar-refractivity contribution in [1.82, 2.24) is 14.7 Å². The van der Waals surface area contributed by atoms with Gasteiger partial charge in [0, 0.05) is 25.7 Å². The second kappa shape index (κ2) is 9.38. The minimum absolute atomic E-state index is 0.0146. The van der Waals surface area contributed by atoms with Crippen molar-refractivity contribution in [3.8, 4) is 11.1 Å². The molecule has 9 heteroatoms. The molecule has 2 aromatic carbocycles. The van der Waals surface area contributed by atoms with Crippen molar-refractivity contribution >= 4 is 23.8 Å². The van der Waals surface area contributed by atoms with Gasteiger partial charge in [0.05, 0.1) is 0 Å². The van der Waals surface area contributed by atoms with E-state index in [4.69, 9.17) is 4.74 Å². The van der Waals surface area contributed by atoms with Gasteiger partial charge < -0.3 is 14.7 Å². The number of likely N-dealkylation sites (N-methyl/N-ethyl adjacent to an activating group) is 1. The van der Waals surface area contributed by atoms with Crippen molar-refractivity contribution in [3.05, 3.63) is 71.4 Å². The van der Waals surface area contributed by atoms with E-state index in [0.717, 1.165) is 22.3 Å². The number of carboxylic acids is 1. The molecule has 34 heavy (non-hydrogen) atoms. The number of nitrogens with zero attached hydrogens (tertiary/aromatic N) is 3. The Hall–Kier alpha value is -4.14. The number of amides is 2. The molecule has 1 heterocycles. The van der Waals surface area contributed by atoms with Crippen LogP contribution in [0.15, 0.2) is 54.7 Å². The molecule has 176 valence electrons. The van der Waals surface area contributed by atoms with Crippen molar-refractivity contribution in [2.45, 2.75) is 25.8 Å². The molecule has 4 rings (SSSR count). The molecule has 1 aliphatic rings. The summed E-state index contributed by atoms with van der Waals surface area (Å²) in [6, 6.07) is 15.0. The Kier molecular flexibility index (Phi) is 6.36. The molecule has 1 aliphatic carbocycles. The van der Waals surface area contributed by atoms with E-state index in [2.05, 4.69) is 22.5 Å². The molecular weight excluding hydrogens is 436 g/mol. The molecule has 0 radical (unpaired) electrons. The molecule has 0 saturated carbocycles. The summed E-state index contributed by atoms with van der Waals surface area (Å²) >= 11 is 0. The highest BCUT2D eigenvalue weighted by Gasteiger charge is 2.31. The zero-order valence-electron chi connectivity index (χ0n) is 19.2. The first-order chi connectivity index (χ1) is 16.3. The topological polar surface area (TPSA) is 114 Å². The lowest BCUT2D eigenvalue weighted by Gasteiger charge is -2.24. The van der Waals surface area contributed by atoms with Crippen LogP contribution in [0.25, 0.3) is 11.1 Å². The number of carboxylic acid groups (broad SMARTS) is 1. The zero-order valence-corrected chi connectivity index (χ0v) is 19.2. The number of benzene rings is 2. The Labute approximate surface area is 196 Å². The fourth-order valence-electron chi connectivity index (χ4n) is 4.35. The minimum Gasteiger partial charge on any atom is -0.480 e. The average molecular weight is 463 g/mol. The van der Waals surface area contributed by atoms with Crippen LogP contribution in [0.2, 0.25) is 0 Å². The highest BCUT2D eigenvalue weighted by atomic mass is 16.5. The summed E-state index contributed by atoms with van der Waals surface area (Å²) in [6.45, 7) is 3.42. The number of nitrogens with one attached hydrogen (secondary N) is 1. The van der Waals surface area contributed by atoms with Crippen LogP contribution in [0.3, 0.4) is 0 Å². The number of rotatable bonds is 7. The van der Waals surface area contributed by atoms with Gasteiger partial charge in [0.25, 0.3) is 5.91 Å². The molecule has 1 atom stereocenters. The van der Waals surface area contributed by atoms with Gasteiger partial charge in [-0.2, -0.15) is 5.10 Å². The molecule has 2 N–H and O–H groups in total. The van der Waals surface area contributed by atoms with Crippen LogP contribution in [0.1, 0.15) is 41.3 Å². The molecule has 0 fully saturated rings. The maximum absolute atomic E-state index is 13.0. The van der Waals surface area contributed by atoms with Gasteiger partial charge in [-0.1, -0.05) is 48.5 Å². The van der Waals surface area contributed by atoms with E-state index in [1.807, 2.05) is 36.4 Å². The van der Waals surface area contributed by atoms with Crippen LogP contribution in [0.4, 0.5) is 10.6 Å². The third-order valence-corrected chi connectivity index (χ3v) is 6.05. The summed E-state index contributed by atoms with van der Waals surface area (Å²) in [5.41, 5.74) is 4.51. The summed E-state index contributed by atoms with van der Waals surface area (Å²) in [5.74, 6) is -1.75. The van der Waals surface area contributed by atoms with Crippen molar-refractivity contribution in [1.29, 1.82) is 0 Å². The smallest absolute Gasteiger partial charge is 0.412 e. The third kappa shape index (κ3) is 4.24. The summed E-state index contributed by atoms with van der Waals surface area (Å²) in [7, 11) is 1.61. The number of carbonyl (C=O) groups is 3. The largest absolute Gasteiger partial charge is 0.480 e. The summed E-state index contributed by atoms with van der Waals surface area (Å²) in [6.07, 6.45) is 0.697. The second-order valence-electron chi connectivity index (χ2n) is 8.12.